The minimum Gasteiger partial charge on any atom is -0.507 e. The van der Waals surface area contributed by atoms with E-state index in [4.69, 9.17) is 12.0 Å². The van der Waals surface area contributed by atoms with Crippen LogP contribution in [0.4, 0.5) is 10.1 Å². The summed E-state index contributed by atoms with van der Waals surface area (Å²) in [5, 5.41) is 14.8. The van der Waals surface area contributed by atoms with Gasteiger partial charge in [-0.3, -0.25) is 0 Å². The number of azide groups is 1. The first-order valence-corrected chi connectivity index (χ1v) is 9.65. The van der Waals surface area contributed by atoms with Crippen LogP contribution >= 0.6 is 0 Å². The quantitative estimate of drug-likeness (QED) is 0.241. The molecule has 0 saturated carbocycles. The van der Waals surface area contributed by atoms with Gasteiger partial charge in [0.25, 0.3) is 0 Å². The second kappa shape index (κ2) is 9.50. The Morgan fingerprint density at radius 1 is 1.23 bits per heavy atom. The number of pyridine rings is 1. The van der Waals surface area contributed by atoms with Gasteiger partial charge in [0.1, 0.15) is 17.3 Å². The van der Waals surface area contributed by atoms with Gasteiger partial charge < -0.3 is 5.11 Å². The number of benzene rings is 2. The molecule has 0 atom stereocenters. The van der Waals surface area contributed by atoms with Crippen LogP contribution in [0.25, 0.3) is 21.6 Å². The van der Waals surface area contributed by atoms with Crippen LogP contribution in [0, 0.1) is 36.9 Å². The Morgan fingerprint density at radius 3 is 2.68 bits per heavy atom. The number of hydrogen-bond acceptors (Lipinski definition) is 3. The van der Waals surface area contributed by atoms with E-state index >= 15 is 0 Å². The number of terminal acetylenes is 1. The Balaban J connectivity index is 2.37. The number of aromatic hydroxyl groups is 1. The van der Waals surface area contributed by atoms with Crippen molar-refractivity contribution in [2.24, 2.45) is 5.11 Å². The Morgan fingerprint density at radius 2 is 2.00 bits per heavy atom. The molecule has 0 spiro atoms. The number of rotatable bonds is 4. The van der Waals surface area contributed by atoms with Crippen LogP contribution in [0.5, 0.6) is 5.75 Å². The molecule has 0 radical (unpaired) electrons. The van der Waals surface area contributed by atoms with Crippen molar-refractivity contribution < 1.29 is 9.50 Å². The number of hydrogen-bond donors (Lipinski definition) is 1. The van der Waals surface area contributed by atoms with Crippen molar-refractivity contribution in [1.82, 2.24) is 4.98 Å². The Kier molecular flexibility index (Phi) is 6.58. The molecule has 152 valence electrons. The number of aryl methyl sites for hydroxylation is 2. The minimum absolute atomic E-state index is 0.00957. The van der Waals surface area contributed by atoms with Crippen molar-refractivity contribution in [3.05, 3.63) is 86.8 Å². The second-order valence-corrected chi connectivity index (χ2v) is 6.82. The van der Waals surface area contributed by atoms with Crippen LogP contribution in [0.15, 0.2) is 47.6 Å². The van der Waals surface area contributed by atoms with Gasteiger partial charge in [0.15, 0.2) is 0 Å². The highest BCUT2D eigenvalue weighted by Crippen LogP contribution is 2.44. The summed E-state index contributed by atoms with van der Waals surface area (Å²) in [4.78, 5) is 7.21. The summed E-state index contributed by atoms with van der Waals surface area (Å²) in [6.45, 7) is 3.83. The molecule has 3 aromatic rings. The standard InChI is InChI=1S/C25H19FN4O/c1-4-8-18-15-17(13-14-19-10-6-9-16(3)28-19)23(25(31)24(18)29-30-27)21-11-7-12-22(26)20(21)5-2/h2,6-7,9-12,15,31H,4,8H2,1,3H3. The Bertz CT molecular complexity index is 1310. The summed E-state index contributed by atoms with van der Waals surface area (Å²) in [5.74, 6) is 7.49. The van der Waals surface area contributed by atoms with Crippen LogP contribution in [0.1, 0.15) is 41.4 Å². The van der Waals surface area contributed by atoms with Crippen molar-refractivity contribution in [2.75, 3.05) is 0 Å². The van der Waals surface area contributed by atoms with Gasteiger partial charge in [-0.15, -0.1) is 6.42 Å². The van der Waals surface area contributed by atoms with E-state index in [9.17, 15) is 9.50 Å². The van der Waals surface area contributed by atoms with Crippen LogP contribution in [-0.2, 0) is 6.42 Å². The third-order valence-corrected chi connectivity index (χ3v) is 4.66. The van der Waals surface area contributed by atoms with E-state index in [2.05, 4.69) is 32.8 Å². The Labute approximate surface area is 180 Å². The van der Waals surface area contributed by atoms with E-state index < -0.39 is 5.82 Å². The van der Waals surface area contributed by atoms with E-state index in [1.807, 2.05) is 26.0 Å². The molecule has 0 aliphatic carbocycles. The molecule has 2 aromatic carbocycles. The molecular weight excluding hydrogens is 391 g/mol. The number of phenolic OH excluding ortho intramolecular Hbond substituents is 1. The SMILES string of the molecule is C#Cc1c(F)cccc1-c1c(C#Cc2cccc(C)n2)cc(CCC)c(N=[N+]=[N-])c1O. The van der Waals surface area contributed by atoms with Crippen LogP contribution in [0.3, 0.4) is 0 Å². The fourth-order valence-corrected chi connectivity index (χ4v) is 3.32. The van der Waals surface area contributed by atoms with Crippen molar-refractivity contribution in [1.29, 1.82) is 0 Å². The molecule has 6 heteroatoms. The molecular formula is C25H19FN4O. The summed E-state index contributed by atoms with van der Waals surface area (Å²) < 4.78 is 14.4. The molecule has 31 heavy (non-hydrogen) atoms. The number of halogens is 1. The molecule has 3 rings (SSSR count). The number of nitrogens with zero attached hydrogens (tertiary/aromatic N) is 4. The summed E-state index contributed by atoms with van der Waals surface area (Å²) in [5.41, 5.74) is 12.0. The van der Waals surface area contributed by atoms with E-state index in [0.29, 0.717) is 28.8 Å². The van der Waals surface area contributed by atoms with Gasteiger partial charge in [-0.2, -0.15) is 0 Å². The fourth-order valence-electron chi connectivity index (χ4n) is 3.32. The summed E-state index contributed by atoms with van der Waals surface area (Å²) in [6, 6.07) is 11.6. The molecule has 0 saturated heterocycles. The van der Waals surface area contributed by atoms with Gasteiger partial charge in [-0.1, -0.05) is 48.5 Å². The first-order valence-electron chi connectivity index (χ1n) is 9.65. The normalized spacial score (nSPS) is 9.87. The van der Waals surface area contributed by atoms with Crippen LogP contribution in [-0.4, -0.2) is 10.1 Å². The lowest BCUT2D eigenvalue weighted by atomic mass is 9.91. The van der Waals surface area contributed by atoms with E-state index in [1.54, 1.807) is 18.2 Å². The average Bonchev–Trinajstić information content (AvgIpc) is 2.75. The van der Waals surface area contributed by atoms with Gasteiger partial charge in [0, 0.05) is 27.3 Å². The molecule has 0 fully saturated rings. The summed E-state index contributed by atoms with van der Waals surface area (Å²) in [7, 11) is 0. The van der Waals surface area contributed by atoms with Gasteiger partial charge in [0.05, 0.1) is 11.3 Å². The van der Waals surface area contributed by atoms with E-state index in [-0.39, 0.29) is 22.6 Å². The summed E-state index contributed by atoms with van der Waals surface area (Å²) in [6.07, 6.45) is 6.86. The lowest BCUT2D eigenvalue weighted by molar-refractivity contribution is 0.478. The molecule has 0 aliphatic heterocycles. The van der Waals surface area contributed by atoms with Crippen molar-refractivity contribution in [3.8, 4) is 41.1 Å². The highest BCUT2D eigenvalue weighted by molar-refractivity contribution is 5.86. The Hall–Kier alpha value is -4.25. The molecule has 0 unspecified atom stereocenters. The lowest BCUT2D eigenvalue weighted by Crippen LogP contribution is -1.96. The van der Waals surface area contributed by atoms with Crippen LogP contribution in [0.2, 0.25) is 0 Å². The van der Waals surface area contributed by atoms with Crippen LogP contribution < -0.4 is 0 Å². The van der Waals surface area contributed by atoms with Crippen molar-refractivity contribution in [2.45, 2.75) is 26.7 Å². The maximum atomic E-state index is 14.4. The number of aromatic nitrogens is 1. The van der Waals surface area contributed by atoms with Gasteiger partial charge in [-0.05, 0) is 54.6 Å². The maximum absolute atomic E-state index is 14.4. The molecule has 0 bridgehead atoms. The summed E-state index contributed by atoms with van der Waals surface area (Å²) >= 11 is 0. The fraction of sp³-hybridized carbons (Fsp3) is 0.160. The zero-order valence-electron chi connectivity index (χ0n) is 17.1. The van der Waals surface area contributed by atoms with E-state index in [0.717, 1.165) is 12.1 Å². The highest BCUT2D eigenvalue weighted by atomic mass is 19.1. The molecule has 0 amide bonds. The first kappa shape index (κ1) is 21.5. The van der Waals surface area contributed by atoms with Crippen molar-refractivity contribution >= 4 is 5.69 Å². The molecule has 1 heterocycles. The largest absolute Gasteiger partial charge is 0.507 e. The van der Waals surface area contributed by atoms with Gasteiger partial charge >= 0.3 is 0 Å². The molecule has 1 N–H and O–H groups in total. The van der Waals surface area contributed by atoms with E-state index in [1.165, 1.54) is 12.1 Å². The molecule has 0 aliphatic rings. The van der Waals surface area contributed by atoms with Gasteiger partial charge in [-0.25, -0.2) is 9.37 Å². The number of phenols is 1. The monoisotopic (exact) mass is 410 g/mol. The third-order valence-electron chi connectivity index (χ3n) is 4.66. The maximum Gasteiger partial charge on any atom is 0.139 e. The minimum atomic E-state index is -0.596. The lowest BCUT2D eigenvalue weighted by Gasteiger charge is -2.16. The van der Waals surface area contributed by atoms with Gasteiger partial charge in [0.2, 0.25) is 0 Å². The first-order chi connectivity index (χ1) is 15.0. The average molecular weight is 410 g/mol. The smallest absolute Gasteiger partial charge is 0.139 e. The molecule has 1 aromatic heterocycles. The van der Waals surface area contributed by atoms with Crippen molar-refractivity contribution in [3.63, 3.8) is 0 Å². The zero-order valence-corrected chi connectivity index (χ0v) is 17.1. The predicted molar refractivity (Wildman–Crippen MR) is 119 cm³/mol. The highest BCUT2D eigenvalue weighted by Gasteiger charge is 2.20. The topological polar surface area (TPSA) is 81.9 Å². The second-order valence-electron chi connectivity index (χ2n) is 6.82. The zero-order chi connectivity index (χ0) is 22.4. The third kappa shape index (κ3) is 4.51. The molecule has 5 nitrogen and oxygen atoms in total. The predicted octanol–water partition coefficient (Wildman–Crippen LogP) is 6.18.